The molecule has 0 radical (unpaired) electrons. The van der Waals surface area contributed by atoms with E-state index in [4.69, 9.17) is 4.74 Å². The molecule has 1 aromatic rings. The average molecular weight is 431 g/mol. The number of benzene rings is 1. The van der Waals surface area contributed by atoms with Gasteiger partial charge in [0.2, 0.25) is 11.8 Å². The van der Waals surface area contributed by atoms with Crippen LogP contribution in [0.4, 0.5) is 4.39 Å². The number of ether oxygens (including phenoxy) is 1. The van der Waals surface area contributed by atoms with Gasteiger partial charge in [-0.05, 0) is 73.1 Å². The molecule has 1 aromatic carbocycles. The maximum atomic E-state index is 14.5. The highest BCUT2D eigenvalue weighted by Crippen LogP contribution is 2.52. The van der Waals surface area contributed by atoms with Crippen LogP contribution in [0.2, 0.25) is 0 Å². The fourth-order valence-corrected chi connectivity index (χ4v) is 6.60. The second-order valence-corrected chi connectivity index (χ2v) is 11.2. The quantitative estimate of drug-likeness (QED) is 0.735. The molecule has 3 fully saturated rings. The van der Waals surface area contributed by atoms with E-state index < -0.39 is 5.54 Å². The van der Waals surface area contributed by atoms with Crippen molar-refractivity contribution in [2.24, 2.45) is 10.8 Å². The molecule has 2 heterocycles. The molecule has 0 spiro atoms. The zero-order chi connectivity index (χ0) is 22.4. The van der Waals surface area contributed by atoms with Crippen molar-refractivity contribution < 1.29 is 18.7 Å². The highest BCUT2D eigenvalue weighted by Gasteiger charge is 2.51. The standard InChI is InChI=1S/C25H35FN2O3/c1-23(2)13-18-14-24(3,15-23)16-28(18)22(30)8-10-25(9-7-21(29)27-25)12-17-11-19(31-4)5-6-20(17)26/h5-6,11,18H,7-10,12-16H2,1-4H3,(H,27,29)/t18-,24-,25+/m1/s1. The normalized spacial score (nSPS) is 31.6. The topological polar surface area (TPSA) is 58.6 Å². The third-order valence-corrected chi connectivity index (χ3v) is 7.57. The minimum atomic E-state index is -0.585. The molecule has 2 aliphatic heterocycles. The maximum absolute atomic E-state index is 14.5. The van der Waals surface area contributed by atoms with Crippen LogP contribution < -0.4 is 10.1 Å². The highest BCUT2D eigenvalue weighted by molar-refractivity contribution is 5.80. The van der Waals surface area contributed by atoms with Crippen molar-refractivity contribution in [2.45, 2.75) is 83.7 Å². The molecule has 3 atom stereocenters. The monoisotopic (exact) mass is 430 g/mol. The van der Waals surface area contributed by atoms with Gasteiger partial charge >= 0.3 is 0 Å². The molecule has 2 amide bonds. The van der Waals surface area contributed by atoms with Crippen LogP contribution in [0.1, 0.15) is 71.3 Å². The van der Waals surface area contributed by atoms with Crippen LogP contribution in [0.15, 0.2) is 18.2 Å². The molecular formula is C25H35FN2O3. The van der Waals surface area contributed by atoms with Crippen LogP contribution in [0.5, 0.6) is 5.75 Å². The summed E-state index contributed by atoms with van der Waals surface area (Å²) in [6, 6.07) is 4.99. The van der Waals surface area contributed by atoms with E-state index in [2.05, 4.69) is 31.0 Å². The van der Waals surface area contributed by atoms with Crippen LogP contribution >= 0.6 is 0 Å². The van der Waals surface area contributed by atoms with E-state index in [0.29, 0.717) is 49.5 Å². The molecule has 1 saturated carbocycles. The van der Waals surface area contributed by atoms with E-state index in [0.717, 1.165) is 25.8 Å². The molecule has 4 rings (SSSR count). The molecule has 6 heteroatoms. The number of hydrogen-bond donors (Lipinski definition) is 1. The van der Waals surface area contributed by atoms with Gasteiger partial charge in [0.1, 0.15) is 11.6 Å². The Morgan fingerprint density at radius 1 is 1.29 bits per heavy atom. The highest BCUT2D eigenvalue weighted by atomic mass is 19.1. The van der Waals surface area contributed by atoms with Crippen molar-refractivity contribution in [2.75, 3.05) is 13.7 Å². The second-order valence-electron chi connectivity index (χ2n) is 11.2. The van der Waals surface area contributed by atoms with Crippen LogP contribution in [-0.2, 0) is 16.0 Å². The number of amides is 2. The number of methoxy groups -OCH3 is 1. The first-order valence-electron chi connectivity index (χ1n) is 11.5. The van der Waals surface area contributed by atoms with E-state index in [1.807, 2.05) is 0 Å². The van der Waals surface area contributed by atoms with Crippen molar-refractivity contribution in [3.63, 3.8) is 0 Å². The number of rotatable bonds is 6. The number of fused-ring (bicyclic) bond motifs is 2. The van der Waals surface area contributed by atoms with E-state index >= 15 is 0 Å². The summed E-state index contributed by atoms with van der Waals surface area (Å²) in [5.74, 6) is 0.420. The summed E-state index contributed by atoms with van der Waals surface area (Å²) in [7, 11) is 1.55. The average Bonchev–Trinajstić information content (AvgIpc) is 3.17. The molecule has 1 N–H and O–H groups in total. The maximum Gasteiger partial charge on any atom is 0.222 e. The van der Waals surface area contributed by atoms with Crippen LogP contribution in [-0.4, -0.2) is 41.9 Å². The summed E-state index contributed by atoms with van der Waals surface area (Å²) in [5.41, 5.74) is 0.389. The van der Waals surface area contributed by atoms with Crippen molar-refractivity contribution in [3.05, 3.63) is 29.6 Å². The lowest BCUT2D eigenvalue weighted by atomic mass is 9.65. The third kappa shape index (κ3) is 4.58. The summed E-state index contributed by atoms with van der Waals surface area (Å²) < 4.78 is 19.7. The molecule has 31 heavy (non-hydrogen) atoms. The summed E-state index contributed by atoms with van der Waals surface area (Å²) in [6.45, 7) is 7.73. The Labute approximate surface area is 184 Å². The van der Waals surface area contributed by atoms with Crippen molar-refractivity contribution in [1.29, 1.82) is 0 Å². The number of likely N-dealkylation sites (tertiary alicyclic amines) is 1. The van der Waals surface area contributed by atoms with Gasteiger partial charge < -0.3 is 15.0 Å². The van der Waals surface area contributed by atoms with Crippen LogP contribution in [0.3, 0.4) is 0 Å². The van der Waals surface area contributed by atoms with Gasteiger partial charge in [0.25, 0.3) is 0 Å². The Morgan fingerprint density at radius 2 is 2.06 bits per heavy atom. The number of halogens is 1. The first kappa shape index (κ1) is 22.1. The predicted molar refractivity (Wildman–Crippen MR) is 117 cm³/mol. The van der Waals surface area contributed by atoms with Crippen molar-refractivity contribution in [3.8, 4) is 5.75 Å². The Balaban J connectivity index is 1.47. The minimum absolute atomic E-state index is 0.0259. The minimum Gasteiger partial charge on any atom is -0.497 e. The number of carbonyl (C=O) groups is 2. The van der Waals surface area contributed by atoms with Gasteiger partial charge in [0.15, 0.2) is 0 Å². The molecule has 170 valence electrons. The van der Waals surface area contributed by atoms with E-state index in [1.54, 1.807) is 19.2 Å². The van der Waals surface area contributed by atoms with Gasteiger partial charge in [0, 0.05) is 31.0 Å². The van der Waals surface area contributed by atoms with Gasteiger partial charge in [-0.2, -0.15) is 0 Å². The molecule has 0 aromatic heterocycles. The number of nitrogens with zero attached hydrogens (tertiary/aromatic N) is 1. The van der Waals surface area contributed by atoms with Gasteiger partial charge in [-0.1, -0.05) is 20.8 Å². The molecule has 0 unspecified atom stereocenters. The summed E-state index contributed by atoms with van der Waals surface area (Å²) in [4.78, 5) is 27.4. The first-order chi connectivity index (χ1) is 14.5. The molecule has 2 bridgehead atoms. The summed E-state index contributed by atoms with van der Waals surface area (Å²) in [6.07, 6.45) is 5.57. The smallest absolute Gasteiger partial charge is 0.222 e. The second kappa shape index (κ2) is 7.79. The predicted octanol–water partition coefficient (Wildman–Crippen LogP) is 4.23. The fourth-order valence-electron chi connectivity index (χ4n) is 6.60. The van der Waals surface area contributed by atoms with Gasteiger partial charge in [-0.15, -0.1) is 0 Å². The van der Waals surface area contributed by atoms with E-state index in [9.17, 15) is 14.0 Å². The lowest BCUT2D eigenvalue weighted by molar-refractivity contribution is -0.133. The Kier molecular flexibility index (Phi) is 5.55. The van der Waals surface area contributed by atoms with Gasteiger partial charge in [-0.25, -0.2) is 4.39 Å². The van der Waals surface area contributed by atoms with Gasteiger partial charge in [0.05, 0.1) is 7.11 Å². The Hall–Kier alpha value is -2.11. The van der Waals surface area contributed by atoms with E-state index in [-0.39, 0.29) is 28.5 Å². The molecular weight excluding hydrogens is 395 g/mol. The summed E-state index contributed by atoms with van der Waals surface area (Å²) >= 11 is 0. The van der Waals surface area contributed by atoms with Gasteiger partial charge in [-0.3, -0.25) is 9.59 Å². The lowest BCUT2D eigenvalue weighted by Gasteiger charge is -2.39. The van der Waals surface area contributed by atoms with Crippen molar-refractivity contribution >= 4 is 11.8 Å². The fraction of sp³-hybridized carbons (Fsp3) is 0.680. The van der Waals surface area contributed by atoms with E-state index in [1.165, 1.54) is 6.07 Å². The van der Waals surface area contributed by atoms with Crippen molar-refractivity contribution in [1.82, 2.24) is 10.2 Å². The number of carbonyl (C=O) groups excluding carboxylic acids is 2. The lowest BCUT2D eigenvalue weighted by Crippen LogP contribution is -2.45. The molecule has 5 nitrogen and oxygen atoms in total. The number of nitrogens with one attached hydrogen (secondary N) is 1. The molecule has 2 saturated heterocycles. The zero-order valence-corrected chi connectivity index (χ0v) is 19.2. The number of hydrogen-bond acceptors (Lipinski definition) is 3. The Morgan fingerprint density at radius 3 is 2.74 bits per heavy atom. The van der Waals surface area contributed by atoms with Crippen LogP contribution in [0, 0.1) is 16.6 Å². The Bertz CT molecular complexity index is 886. The van der Waals surface area contributed by atoms with Crippen LogP contribution in [0.25, 0.3) is 0 Å². The molecule has 1 aliphatic carbocycles. The third-order valence-electron chi connectivity index (χ3n) is 7.57. The first-order valence-corrected chi connectivity index (χ1v) is 11.5. The largest absolute Gasteiger partial charge is 0.497 e. The summed E-state index contributed by atoms with van der Waals surface area (Å²) in [5, 5.41) is 3.08. The SMILES string of the molecule is COc1ccc(F)c(C[C@@]2(CCC(=O)N3C[C@]4(C)C[C@H]3CC(C)(C)C4)CCC(=O)N2)c1. The zero-order valence-electron chi connectivity index (χ0n) is 19.2. The molecule has 3 aliphatic rings.